The molecule has 0 bridgehead atoms. The van der Waals surface area contributed by atoms with Crippen LogP contribution in [0.15, 0.2) is 42.5 Å². The van der Waals surface area contributed by atoms with Gasteiger partial charge in [-0.25, -0.2) is 4.39 Å². The molecule has 152 valence electrons. The minimum Gasteiger partial charge on any atom is -0.366 e. The van der Waals surface area contributed by atoms with E-state index in [2.05, 4.69) is 5.32 Å². The molecular formula is C23H26FN3O2. The number of carbonyl (C=O) groups excluding carboxylic acids is 2. The molecular weight excluding hydrogens is 369 g/mol. The van der Waals surface area contributed by atoms with Crippen molar-refractivity contribution >= 4 is 23.2 Å². The lowest BCUT2D eigenvalue weighted by Crippen LogP contribution is -2.49. The van der Waals surface area contributed by atoms with Crippen LogP contribution in [-0.2, 0) is 9.59 Å². The Kier molecular flexibility index (Phi) is 5.26. The van der Waals surface area contributed by atoms with Gasteiger partial charge in [0.1, 0.15) is 5.82 Å². The van der Waals surface area contributed by atoms with Crippen LogP contribution in [-0.4, -0.2) is 42.9 Å². The lowest BCUT2D eigenvalue weighted by Gasteiger charge is -2.36. The second-order valence-corrected chi connectivity index (χ2v) is 7.95. The average Bonchev–Trinajstić information content (AvgIpc) is 3.52. The molecule has 0 aromatic heterocycles. The van der Waals surface area contributed by atoms with Gasteiger partial charge in [0, 0.05) is 31.9 Å². The van der Waals surface area contributed by atoms with Crippen LogP contribution in [0.5, 0.6) is 0 Å². The molecule has 1 aliphatic heterocycles. The molecule has 1 saturated heterocycles. The standard InChI is InChI=1S/C23H26FN3O2/c1-15-6-5-8-20(16(15)2)25-22(28)17-14-18(17)23(29)27-12-10-26(11-13-27)21-9-4-3-7-19(21)24/h3-9,17-18H,10-14H2,1-2H3,(H,25,28). The van der Waals surface area contributed by atoms with Crippen molar-refractivity contribution < 1.29 is 14.0 Å². The zero-order chi connectivity index (χ0) is 20.5. The third kappa shape index (κ3) is 3.97. The molecule has 2 atom stereocenters. The number of carbonyl (C=O) groups is 2. The van der Waals surface area contributed by atoms with Crippen LogP contribution in [0.2, 0.25) is 0 Å². The fraction of sp³-hybridized carbons (Fsp3) is 0.391. The highest BCUT2D eigenvalue weighted by Gasteiger charge is 2.49. The number of rotatable bonds is 4. The molecule has 1 saturated carbocycles. The SMILES string of the molecule is Cc1cccc(NC(=O)C2CC2C(=O)N2CCN(c3ccccc3F)CC2)c1C. The van der Waals surface area contributed by atoms with Gasteiger partial charge in [-0.3, -0.25) is 9.59 Å². The molecule has 0 radical (unpaired) electrons. The zero-order valence-corrected chi connectivity index (χ0v) is 16.8. The molecule has 1 N–H and O–H groups in total. The second-order valence-electron chi connectivity index (χ2n) is 7.95. The highest BCUT2D eigenvalue weighted by atomic mass is 19.1. The Balaban J connectivity index is 1.31. The highest BCUT2D eigenvalue weighted by Crippen LogP contribution is 2.41. The van der Waals surface area contributed by atoms with Crippen LogP contribution in [0.3, 0.4) is 0 Å². The van der Waals surface area contributed by atoms with E-state index in [9.17, 15) is 14.0 Å². The van der Waals surface area contributed by atoms with Crippen LogP contribution >= 0.6 is 0 Å². The number of piperazine rings is 1. The molecule has 2 fully saturated rings. The van der Waals surface area contributed by atoms with Gasteiger partial charge in [-0.2, -0.15) is 0 Å². The number of nitrogens with one attached hydrogen (secondary N) is 1. The molecule has 5 nitrogen and oxygen atoms in total. The quantitative estimate of drug-likeness (QED) is 0.864. The Bertz CT molecular complexity index is 937. The normalized spacial score (nSPS) is 21.1. The summed E-state index contributed by atoms with van der Waals surface area (Å²) < 4.78 is 14.0. The second kappa shape index (κ2) is 7.85. The Hall–Kier alpha value is -2.89. The zero-order valence-electron chi connectivity index (χ0n) is 16.8. The number of amides is 2. The molecule has 2 unspecified atom stereocenters. The maximum absolute atomic E-state index is 14.0. The summed E-state index contributed by atoms with van der Waals surface area (Å²) in [5, 5.41) is 2.98. The summed E-state index contributed by atoms with van der Waals surface area (Å²) in [4.78, 5) is 29.2. The van der Waals surface area contributed by atoms with Crippen molar-refractivity contribution in [1.82, 2.24) is 4.90 Å². The molecule has 1 aliphatic carbocycles. The molecule has 1 heterocycles. The summed E-state index contributed by atoms with van der Waals surface area (Å²) in [6, 6.07) is 12.5. The van der Waals surface area contributed by atoms with Crippen molar-refractivity contribution in [3.05, 3.63) is 59.4 Å². The van der Waals surface area contributed by atoms with Crippen molar-refractivity contribution in [3.8, 4) is 0 Å². The Morgan fingerprint density at radius 2 is 1.69 bits per heavy atom. The van der Waals surface area contributed by atoms with Gasteiger partial charge in [-0.05, 0) is 49.6 Å². The summed E-state index contributed by atoms with van der Waals surface area (Å²) in [7, 11) is 0. The lowest BCUT2D eigenvalue weighted by molar-refractivity contribution is -0.134. The molecule has 2 aromatic rings. The number of hydrogen-bond donors (Lipinski definition) is 1. The maximum atomic E-state index is 14.0. The third-order valence-electron chi connectivity index (χ3n) is 6.09. The van der Waals surface area contributed by atoms with E-state index in [1.54, 1.807) is 12.1 Å². The highest BCUT2D eigenvalue weighted by molar-refractivity contribution is 6.00. The number of hydrogen-bond acceptors (Lipinski definition) is 3. The maximum Gasteiger partial charge on any atom is 0.228 e. The fourth-order valence-electron chi connectivity index (χ4n) is 3.98. The number of benzene rings is 2. The number of aryl methyl sites for hydroxylation is 1. The minimum absolute atomic E-state index is 0.0410. The van der Waals surface area contributed by atoms with Crippen LogP contribution in [0.25, 0.3) is 0 Å². The molecule has 2 aromatic carbocycles. The van der Waals surface area contributed by atoms with E-state index in [0.29, 0.717) is 38.3 Å². The topological polar surface area (TPSA) is 52.7 Å². The van der Waals surface area contributed by atoms with Crippen LogP contribution in [0.1, 0.15) is 17.5 Å². The van der Waals surface area contributed by atoms with Gasteiger partial charge in [-0.1, -0.05) is 24.3 Å². The molecule has 29 heavy (non-hydrogen) atoms. The molecule has 2 amide bonds. The molecule has 0 spiro atoms. The first-order chi connectivity index (χ1) is 14.0. The van der Waals surface area contributed by atoms with Crippen molar-refractivity contribution in [1.29, 1.82) is 0 Å². The molecule has 6 heteroatoms. The largest absolute Gasteiger partial charge is 0.366 e. The third-order valence-corrected chi connectivity index (χ3v) is 6.09. The lowest BCUT2D eigenvalue weighted by atomic mass is 10.1. The summed E-state index contributed by atoms with van der Waals surface area (Å²) in [6.45, 7) is 6.28. The van der Waals surface area contributed by atoms with Gasteiger partial charge in [0.25, 0.3) is 0 Å². The van der Waals surface area contributed by atoms with Gasteiger partial charge in [-0.15, -0.1) is 0 Å². The fourth-order valence-corrected chi connectivity index (χ4v) is 3.98. The first kappa shape index (κ1) is 19.4. The first-order valence-corrected chi connectivity index (χ1v) is 10.1. The van der Waals surface area contributed by atoms with Gasteiger partial charge < -0.3 is 15.1 Å². The first-order valence-electron chi connectivity index (χ1n) is 10.1. The summed E-state index contributed by atoms with van der Waals surface area (Å²) in [5.74, 6) is -0.772. The van der Waals surface area contributed by atoms with Crippen LogP contribution in [0, 0.1) is 31.5 Å². The predicted molar refractivity (Wildman–Crippen MR) is 111 cm³/mol. The predicted octanol–water partition coefficient (Wildman–Crippen LogP) is 3.37. The summed E-state index contributed by atoms with van der Waals surface area (Å²) in [5.41, 5.74) is 3.57. The van der Waals surface area contributed by atoms with Gasteiger partial charge in [0.2, 0.25) is 11.8 Å². The average molecular weight is 395 g/mol. The van der Waals surface area contributed by atoms with E-state index < -0.39 is 0 Å². The van der Waals surface area contributed by atoms with E-state index in [1.807, 2.05) is 47.9 Å². The van der Waals surface area contributed by atoms with Crippen LogP contribution < -0.4 is 10.2 Å². The molecule has 4 rings (SSSR count). The van der Waals surface area contributed by atoms with E-state index in [-0.39, 0.29) is 29.5 Å². The van der Waals surface area contributed by atoms with E-state index >= 15 is 0 Å². The van der Waals surface area contributed by atoms with Gasteiger partial charge in [0.15, 0.2) is 0 Å². The van der Waals surface area contributed by atoms with Crippen molar-refractivity contribution in [3.63, 3.8) is 0 Å². The summed E-state index contributed by atoms with van der Waals surface area (Å²) in [6.07, 6.45) is 0.600. The van der Waals surface area contributed by atoms with Crippen molar-refractivity contribution in [2.75, 3.05) is 36.4 Å². The van der Waals surface area contributed by atoms with Gasteiger partial charge in [0.05, 0.1) is 17.5 Å². The van der Waals surface area contributed by atoms with Crippen LogP contribution in [0.4, 0.5) is 15.8 Å². The van der Waals surface area contributed by atoms with Crippen molar-refractivity contribution in [2.24, 2.45) is 11.8 Å². The van der Waals surface area contributed by atoms with Crippen molar-refractivity contribution in [2.45, 2.75) is 20.3 Å². The summed E-state index contributed by atoms with van der Waals surface area (Å²) >= 11 is 0. The monoisotopic (exact) mass is 395 g/mol. The number of nitrogens with zero attached hydrogens (tertiary/aromatic N) is 2. The van der Waals surface area contributed by atoms with E-state index in [1.165, 1.54) is 6.07 Å². The number of halogens is 1. The molecule has 2 aliphatic rings. The van der Waals surface area contributed by atoms with Gasteiger partial charge >= 0.3 is 0 Å². The Morgan fingerprint density at radius 1 is 0.966 bits per heavy atom. The minimum atomic E-state index is -0.257. The Labute approximate surface area is 170 Å². The smallest absolute Gasteiger partial charge is 0.228 e. The van der Waals surface area contributed by atoms with E-state index in [4.69, 9.17) is 0 Å². The van der Waals surface area contributed by atoms with E-state index in [0.717, 1.165) is 16.8 Å². The number of anilines is 2. The number of para-hydroxylation sites is 1. The Morgan fingerprint density at radius 3 is 2.41 bits per heavy atom.